The Kier molecular flexibility index (Phi) is 7.60. The summed E-state index contributed by atoms with van der Waals surface area (Å²) in [5, 5.41) is 17.3. The van der Waals surface area contributed by atoms with E-state index in [1.54, 1.807) is 22.8 Å². The zero-order valence-corrected chi connectivity index (χ0v) is 23.6. The molecule has 12 nitrogen and oxygen atoms in total. The van der Waals surface area contributed by atoms with Gasteiger partial charge in [-0.2, -0.15) is 4.31 Å². The summed E-state index contributed by atoms with van der Waals surface area (Å²) in [4.78, 5) is 18.7. The van der Waals surface area contributed by atoms with Crippen molar-refractivity contribution in [1.82, 2.24) is 33.4 Å². The number of aliphatic hydroxyl groups is 1. The van der Waals surface area contributed by atoms with Crippen LogP contribution in [0.15, 0.2) is 38.7 Å². The number of halogens is 1. The van der Waals surface area contributed by atoms with Crippen LogP contribution >= 0.6 is 15.9 Å². The molecule has 0 atom stereocenters. The van der Waals surface area contributed by atoms with Gasteiger partial charge in [0.1, 0.15) is 17.6 Å². The molecule has 0 saturated carbocycles. The molecule has 4 aromatic rings. The Bertz CT molecular complexity index is 1640. The number of nitrogens with one attached hydrogen (secondary N) is 1. The molecule has 0 unspecified atom stereocenters. The van der Waals surface area contributed by atoms with Crippen molar-refractivity contribution in [2.45, 2.75) is 31.7 Å². The SMILES string of the molecule is CCCn1c(=O)n2cnnc2c2[nH]c(-c3cc(S(=O)(=O)N4CCN(CCO)CC4)ccc3OCC)c(Br)c21. The molecule has 4 heterocycles. The highest BCUT2D eigenvalue weighted by molar-refractivity contribution is 9.10. The van der Waals surface area contributed by atoms with Crippen molar-refractivity contribution >= 4 is 42.6 Å². The average molecular weight is 609 g/mol. The lowest BCUT2D eigenvalue weighted by molar-refractivity contribution is 0.151. The van der Waals surface area contributed by atoms with Gasteiger partial charge in [0.15, 0.2) is 5.65 Å². The fourth-order valence-electron chi connectivity index (χ4n) is 4.90. The van der Waals surface area contributed by atoms with E-state index in [2.05, 4.69) is 31.1 Å². The average Bonchev–Trinajstić information content (AvgIpc) is 3.53. The number of aromatic nitrogens is 5. The van der Waals surface area contributed by atoms with Crippen molar-refractivity contribution in [2.24, 2.45) is 0 Å². The van der Waals surface area contributed by atoms with E-state index in [0.717, 1.165) is 6.42 Å². The lowest BCUT2D eigenvalue weighted by Gasteiger charge is -2.33. The molecule has 0 amide bonds. The molecule has 5 rings (SSSR count). The van der Waals surface area contributed by atoms with Gasteiger partial charge in [-0.05, 0) is 47.5 Å². The number of hydrogen-bond acceptors (Lipinski definition) is 8. The molecule has 3 aromatic heterocycles. The molecule has 38 heavy (non-hydrogen) atoms. The number of hydrogen-bond donors (Lipinski definition) is 2. The minimum absolute atomic E-state index is 0.0432. The van der Waals surface area contributed by atoms with Gasteiger partial charge >= 0.3 is 5.69 Å². The van der Waals surface area contributed by atoms with Crippen LogP contribution in [0.2, 0.25) is 0 Å². The second kappa shape index (κ2) is 10.8. The van der Waals surface area contributed by atoms with E-state index >= 15 is 0 Å². The number of nitrogens with zero attached hydrogens (tertiary/aromatic N) is 6. The molecule has 14 heteroatoms. The zero-order chi connectivity index (χ0) is 27.0. The number of H-pyrrole nitrogens is 1. The van der Waals surface area contributed by atoms with Gasteiger partial charge in [-0.3, -0.25) is 9.47 Å². The van der Waals surface area contributed by atoms with Crippen molar-refractivity contribution < 1.29 is 18.3 Å². The molecule has 1 saturated heterocycles. The van der Waals surface area contributed by atoms with Crippen molar-refractivity contribution in [1.29, 1.82) is 0 Å². The number of aromatic amines is 1. The number of piperazine rings is 1. The number of sulfonamides is 1. The number of ether oxygens (including phenoxy) is 1. The molecule has 1 aliphatic rings. The maximum Gasteiger partial charge on any atom is 0.335 e. The van der Waals surface area contributed by atoms with Crippen molar-refractivity contribution in [3.05, 3.63) is 39.5 Å². The second-order valence-electron chi connectivity index (χ2n) is 9.06. The first-order valence-corrected chi connectivity index (χ1v) is 14.8. The van der Waals surface area contributed by atoms with Crippen LogP contribution in [0.4, 0.5) is 0 Å². The highest BCUT2D eigenvalue weighted by Gasteiger charge is 2.30. The molecule has 0 radical (unpaired) electrons. The lowest BCUT2D eigenvalue weighted by atomic mass is 10.1. The molecule has 0 aliphatic carbocycles. The number of benzene rings is 1. The standard InChI is InChI=1S/C24H30BrN7O5S/c1-3-7-31-22-19(25)20(27-21(22)23-28-26-15-32(23)24(31)34)17-14-16(5-6-18(17)37-4-2)38(35,36)30-10-8-29(9-11-30)12-13-33/h5-6,14-15,27,33H,3-4,7-13H2,1-2H3. The minimum atomic E-state index is -3.78. The van der Waals surface area contributed by atoms with E-state index in [1.165, 1.54) is 15.0 Å². The van der Waals surface area contributed by atoms with Gasteiger partial charge in [-0.25, -0.2) is 17.6 Å². The molecule has 204 valence electrons. The van der Waals surface area contributed by atoms with Gasteiger partial charge in [0.05, 0.1) is 33.8 Å². The summed E-state index contributed by atoms with van der Waals surface area (Å²) >= 11 is 3.69. The van der Waals surface area contributed by atoms with Crippen molar-refractivity contribution in [2.75, 3.05) is 45.9 Å². The Labute approximate surface area is 228 Å². The molecule has 1 aliphatic heterocycles. The molecule has 2 N–H and O–H groups in total. The predicted molar refractivity (Wildman–Crippen MR) is 146 cm³/mol. The normalized spacial score (nSPS) is 15.6. The third kappa shape index (κ3) is 4.53. The topological polar surface area (TPSA) is 138 Å². The molecule has 1 fully saturated rings. The Balaban J connectivity index is 1.65. The first kappa shape index (κ1) is 26.8. The van der Waals surface area contributed by atoms with E-state index in [9.17, 15) is 18.3 Å². The van der Waals surface area contributed by atoms with Crippen LogP contribution in [-0.2, 0) is 16.6 Å². The van der Waals surface area contributed by atoms with Gasteiger partial charge in [0.2, 0.25) is 10.0 Å². The molecular formula is C24H30BrN7O5S. The fourth-order valence-corrected chi connectivity index (χ4v) is 7.07. The summed E-state index contributed by atoms with van der Waals surface area (Å²) in [6, 6.07) is 4.83. The number of aryl methyl sites for hydroxylation is 1. The maximum atomic E-state index is 13.6. The summed E-state index contributed by atoms with van der Waals surface area (Å²) in [6.07, 6.45) is 2.12. The quantitative estimate of drug-likeness (QED) is 0.294. The fraction of sp³-hybridized carbons (Fsp3) is 0.458. The Morgan fingerprint density at radius 1 is 1.16 bits per heavy atom. The molecule has 1 aromatic carbocycles. The molecule has 0 spiro atoms. The van der Waals surface area contributed by atoms with Crippen LogP contribution < -0.4 is 10.4 Å². The Morgan fingerprint density at radius 3 is 2.61 bits per heavy atom. The van der Waals surface area contributed by atoms with Crippen LogP contribution in [0.25, 0.3) is 27.9 Å². The smallest absolute Gasteiger partial charge is 0.335 e. The van der Waals surface area contributed by atoms with Crippen LogP contribution in [0.1, 0.15) is 20.3 Å². The monoisotopic (exact) mass is 607 g/mol. The maximum absolute atomic E-state index is 13.6. The number of fused-ring (bicyclic) bond motifs is 3. The highest BCUT2D eigenvalue weighted by atomic mass is 79.9. The molecular weight excluding hydrogens is 578 g/mol. The third-order valence-electron chi connectivity index (χ3n) is 6.75. The first-order chi connectivity index (χ1) is 18.3. The van der Waals surface area contributed by atoms with Gasteiger partial charge in [-0.1, -0.05) is 6.92 Å². The first-order valence-electron chi connectivity index (χ1n) is 12.6. The summed E-state index contributed by atoms with van der Waals surface area (Å²) in [6.45, 7) is 7.08. The van der Waals surface area contributed by atoms with E-state index in [1.807, 2.05) is 18.7 Å². The predicted octanol–water partition coefficient (Wildman–Crippen LogP) is 1.91. The Morgan fingerprint density at radius 2 is 1.92 bits per heavy atom. The van der Waals surface area contributed by atoms with Crippen LogP contribution in [0.5, 0.6) is 5.75 Å². The van der Waals surface area contributed by atoms with E-state index in [0.29, 0.717) is 84.0 Å². The summed E-state index contributed by atoms with van der Waals surface area (Å²) < 4.78 is 38.2. The summed E-state index contributed by atoms with van der Waals surface area (Å²) in [5.41, 5.74) is 2.48. The van der Waals surface area contributed by atoms with Crippen LogP contribution in [0.3, 0.4) is 0 Å². The van der Waals surface area contributed by atoms with Crippen LogP contribution in [-0.4, -0.2) is 92.8 Å². The van der Waals surface area contributed by atoms with E-state index < -0.39 is 10.0 Å². The van der Waals surface area contributed by atoms with Crippen molar-refractivity contribution in [3.8, 4) is 17.0 Å². The number of aliphatic hydroxyl groups excluding tert-OH is 1. The zero-order valence-electron chi connectivity index (χ0n) is 21.2. The number of β-amino-alcohol motifs (C(OH)–C–C–N with tert-alkyl or cyclic N) is 1. The van der Waals surface area contributed by atoms with Crippen molar-refractivity contribution in [3.63, 3.8) is 0 Å². The largest absolute Gasteiger partial charge is 0.493 e. The Hall–Kier alpha value is -2.78. The summed E-state index contributed by atoms with van der Waals surface area (Å²) in [7, 11) is -3.78. The second-order valence-corrected chi connectivity index (χ2v) is 11.8. The van der Waals surface area contributed by atoms with Gasteiger partial charge in [0, 0.05) is 44.8 Å². The third-order valence-corrected chi connectivity index (χ3v) is 9.41. The van der Waals surface area contributed by atoms with Crippen LogP contribution in [0, 0.1) is 0 Å². The van der Waals surface area contributed by atoms with Gasteiger partial charge in [0.25, 0.3) is 0 Å². The van der Waals surface area contributed by atoms with E-state index in [-0.39, 0.29) is 17.2 Å². The van der Waals surface area contributed by atoms with E-state index in [4.69, 9.17) is 4.74 Å². The lowest BCUT2D eigenvalue weighted by Crippen LogP contribution is -2.49. The van der Waals surface area contributed by atoms with Gasteiger partial charge < -0.3 is 14.8 Å². The highest BCUT2D eigenvalue weighted by Crippen LogP contribution is 2.41. The minimum Gasteiger partial charge on any atom is -0.493 e. The van der Waals surface area contributed by atoms with Gasteiger partial charge in [-0.15, -0.1) is 10.2 Å². The molecule has 0 bridgehead atoms. The summed E-state index contributed by atoms with van der Waals surface area (Å²) in [5.74, 6) is 0.508. The number of rotatable bonds is 9.